The van der Waals surface area contributed by atoms with Crippen LogP contribution in [0.2, 0.25) is 0 Å². The van der Waals surface area contributed by atoms with E-state index in [0.717, 1.165) is 4.90 Å². The van der Waals surface area contributed by atoms with Crippen LogP contribution in [0, 0.1) is 0 Å². The zero-order valence-electron chi connectivity index (χ0n) is 14.5. The fraction of sp³-hybridized carbons (Fsp3) is 0.400. The van der Waals surface area contributed by atoms with Crippen LogP contribution in [0.25, 0.3) is 0 Å². The van der Waals surface area contributed by atoms with Crippen LogP contribution < -0.4 is 0 Å². The standard InChI is InChI=1S/C14H22S.C6H6O/c1-13(2,3)10-7-11(14(4,5)6)9-12(15)8-10;7-6-4-2-1-3-5-6/h7-9,15H,1-6H3;1-5,7H. The molecule has 0 unspecified atom stereocenters. The largest absolute Gasteiger partial charge is 0.508 e. The van der Waals surface area contributed by atoms with Gasteiger partial charge in [0, 0.05) is 4.90 Å². The second-order valence-electron chi connectivity index (χ2n) is 7.60. The van der Waals surface area contributed by atoms with Crippen molar-refractivity contribution in [3.8, 4) is 5.75 Å². The highest BCUT2D eigenvalue weighted by molar-refractivity contribution is 7.80. The molecule has 2 heteroatoms. The Bertz CT molecular complexity index is 557. The van der Waals surface area contributed by atoms with Crippen LogP contribution in [0.3, 0.4) is 0 Å². The third-order valence-electron chi connectivity index (χ3n) is 3.41. The summed E-state index contributed by atoms with van der Waals surface area (Å²) in [6, 6.07) is 15.3. The summed E-state index contributed by atoms with van der Waals surface area (Å²) in [5, 5.41) is 8.63. The Kier molecular flexibility index (Phi) is 6.13. The summed E-state index contributed by atoms with van der Waals surface area (Å²) < 4.78 is 0. The molecule has 0 fully saturated rings. The number of phenols is 1. The molecule has 120 valence electrons. The van der Waals surface area contributed by atoms with Gasteiger partial charge in [-0.05, 0) is 46.2 Å². The number of hydrogen-bond donors (Lipinski definition) is 2. The lowest BCUT2D eigenvalue weighted by Gasteiger charge is -2.25. The van der Waals surface area contributed by atoms with E-state index in [4.69, 9.17) is 5.11 Å². The molecule has 0 radical (unpaired) electrons. The van der Waals surface area contributed by atoms with E-state index in [9.17, 15) is 0 Å². The van der Waals surface area contributed by atoms with Gasteiger partial charge in [0.25, 0.3) is 0 Å². The van der Waals surface area contributed by atoms with Crippen molar-refractivity contribution in [1.82, 2.24) is 0 Å². The van der Waals surface area contributed by atoms with E-state index < -0.39 is 0 Å². The molecule has 0 aromatic heterocycles. The summed E-state index contributed by atoms with van der Waals surface area (Å²) in [5.41, 5.74) is 3.11. The van der Waals surface area contributed by atoms with E-state index in [2.05, 4.69) is 72.4 Å². The second-order valence-corrected chi connectivity index (χ2v) is 8.12. The van der Waals surface area contributed by atoms with E-state index in [-0.39, 0.29) is 10.8 Å². The predicted octanol–water partition coefficient (Wildman–Crippen LogP) is 5.96. The quantitative estimate of drug-likeness (QED) is 0.574. The molecule has 0 saturated heterocycles. The maximum absolute atomic E-state index is 8.63. The van der Waals surface area contributed by atoms with Gasteiger partial charge in [-0.2, -0.15) is 0 Å². The summed E-state index contributed by atoms with van der Waals surface area (Å²) in [6.07, 6.45) is 0. The zero-order chi connectivity index (χ0) is 17.0. The minimum atomic E-state index is 0.193. The number of benzene rings is 2. The van der Waals surface area contributed by atoms with E-state index in [1.807, 2.05) is 6.07 Å². The molecule has 0 heterocycles. The molecule has 22 heavy (non-hydrogen) atoms. The lowest BCUT2D eigenvalue weighted by Crippen LogP contribution is -2.16. The molecule has 0 aliphatic heterocycles. The average molecular weight is 317 g/mol. The van der Waals surface area contributed by atoms with Crippen LogP contribution in [0.4, 0.5) is 0 Å². The fourth-order valence-electron chi connectivity index (χ4n) is 1.91. The minimum Gasteiger partial charge on any atom is -0.508 e. The van der Waals surface area contributed by atoms with Gasteiger partial charge in [-0.25, -0.2) is 0 Å². The molecule has 0 atom stereocenters. The van der Waals surface area contributed by atoms with Gasteiger partial charge in [0.2, 0.25) is 0 Å². The van der Waals surface area contributed by atoms with Crippen molar-refractivity contribution >= 4 is 12.6 Å². The molecular weight excluding hydrogens is 288 g/mol. The van der Waals surface area contributed by atoms with Gasteiger partial charge in [0.05, 0.1) is 0 Å². The maximum Gasteiger partial charge on any atom is 0.115 e. The van der Waals surface area contributed by atoms with Crippen molar-refractivity contribution in [2.75, 3.05) is 0 Å². The molecular formula is C20H28OS. The molecule has 0 amide bonds. The SMILES string of the molecule is CC(C)(C)c1cc(S)cc(C(C)(C)C)c1.Oc1ccccc1. The highest BCUT2D eigenvalue weighted by Gasteiger charge is 2.19. The summed E-state index contributed by atoms with van der Waals surface area (Å²) in [5.74, 6) is 0.322. The average Bonchev–Trinajstić information content (AvgIpc) is 2.37. The van der Waals surface area contributed by atoms with Gasteiger partial charge in [0.15, 0.2) is 0 Å². The summed E-state index contributed by atoms with van der Waals surface area (Å²) in [4.78, 5) is 1.06. The number of phenolic OH excluding ortho intramolecular Hbond substituents is 1. The molecule has 0 aliphatic rings. The normalized spacial score (nSPS) is 11.6. The van der Waals surface area contributed by atoms with Crippen LogP contribution >= 0.6 is 12.6 Å². The molecule has 2 aromatic carbocycles. The first-order chi connectivity index (χ1) is 10.00. The zero-order valence-corrected chi connectivity index (χ0v) is 15.4. The monoisotopic (exact) mass is 316 g/mol. The topological polar surface area (TPSA) is 20.2 Å². The highest BCUT2D eigenvalue weighted by Crippen LogP contribution is 2.31. The van der Waals surface area contributed by atoms with Gasteiger partial charge >= 0.3 is 0 Å². The number of rotatable bonds is 0. The highest BCUT2D eigenvalue weighted by atomic mass is 32.1. The molecule has 2 aromatic rings. The van der Waals surface area contributed by atoms with E-state index >= 15 is 0 Å². The lowest BCUT2D eigenvalue weighted by molar-refractivity contribution is 0.475. The lowest BCUT2D eigenvalue weighted by atomic mass is 9.81. The Morgan fingerprint density at radius 3 is 1.41 bits per heavy atom. The van der Waals surface area contributed by atoms with Crippen molar-refractivity contribution in [3.63, 3.8) is 0 Å². The van der Waals surface area contributed by atoms with Gasteiger partial charge in [0.1, 0.15) is 5.75 Å². The van der Waals surface area contributed by atoms with Gasteiger partial charge in [-0.1, -0.05) is 65.8 Å². The van der Waals surface area contributed by atoms with Crippen molar-refractivity contribution in [3.05, 3.63) is 59.7 Å². The van der Waals surface area contributed by atoms with Crippen LogP contribution in [-0.4, -0.2) is 5.11 Å². The molecule has 1 N–H and O–H groups in total. The second kappa shape index (κ2) is 7.23. The number of aromatic hydroxyl groups is 1. The summed E-state index contributed by atoms with van der Waals surface area (Å²) >= 11 is 4.49. The van der Waals surface area contributed by atoms with Crippen LogP contribution in [-0.2, 0) is 10.8 Å². The summed E-state index contributed by atoms with van der Waals surface area (Å²) in [7, 11) is 0. The van der Waals surface area contributed by atoms with Crippen molar-refractivity contribution in [1.29, 1.82) is 0 Å². The number of para-hydroxylation sites is 1. The Labute approximate surface area is 140 Å². The van der Waals surface area contributed by atoms with E-state index in [1.54, 1.807) is 24.3 Å². The van der Waals surface area contributed by atoms with Crippen LogP contribution in [0.1, 0.15) is 52.7 Å². The van der Waals surface area contributed by atoms with E-state index in [0.29, 0.717) is 5.75 Å². The first kappa shape index (κ1) is 18.6. The van der Waals surface area contributed by atoms with Crippen molar-refractivity contribution < 1.29 is 5.11 Å². The van der Waals surface area contributed by atoms with Crippen molar-refractivity contribution in [2.45, 2.75) is 57.3 Å². The number of thiol groups is 1. The number of hydrogen-bond acceptors (Lipinski definition) is 2. The first-order valence-corrected chi connectivity index (χ1v) is 8.04. The van der Waals surface area contributed by atoms with E-state index in [1.165, 1.54) is 11.1 Å². The Morgan fingerprint density at radius 1 is 0.727 bits per heavy atom. The molecule has 0 spiro atoms. The molecule has 0 bridgehead atoms. The van der Waals surface area contributed by atoms with Gasteiger partial charge < -0.3 is 5.11 Å². The third-order valence-corrected chi connectivity index (χ3v) is 3.66. The molecule has 0 aliphatic carbocycles. The Morgan fingerprint density at radius 2 is 1.14 bits per heavy atom. The van der Waals surface area contributed by atoms with Crippen molar-refractivity contribution in [2.24, 2.45) is 0 Å². The maximum atomic E-state index is 8.63. The Hall–Kier alpha value is -1.41. The van der Waals surface area contributed by atoms with Gasteiger partial charge in [-0.15, -0.1) is 12.6 Å². The summed E-state index contributed by atoms with van der Waals surface area (Å²) in [6.45, 7) is 13.4. The smallest absolute Gasteiger partial charge is 0.115 e. The molecule has 0 saturated carbocycles. The van der Waals surface area contributed by atoms with Crippen LogP contribution in [0.15, 0.2) is 53.4 Å². The fourth-order valence-corrected chi connectivity index (χ4v) is 2.18. The predicted molar refractivity (Wildman–Crippen MR) is 99.2 cm³/mol. The van der Waals surface area contributed by atoms with Gasteiger partial charge in [-0.3, -0.25) is 0 Å². The molecule has 2 rings (SSSR count). The Balaban J connectivity index is 0.000000287. The van der Waals surface area contributed by atoms with Crippen LogP contribution in [0.5, 0.6) is 5.75 Å². The third kappa shape index (κ3) is 6.15. The minimum absolute atomic E-state index is 0.193. The molecule has 1 nitrogen and oxygen atoms in total. The first-order valence-electron chi connectivity index (χ1n) is 7.59.